The van der Waals surface area contributed by atoms with Crippen LogP contribution in [0.3, 0.4) is 0 Å². The molecular weight excluding hydrogens is 274 g/mol. The maximum absolute atomic E-state index is 11.0. The molecule has 1 heterocycles. The van der Waals surface area contributed by atoms with E-state index >= 15 is 0 Å². The van der Waals surface area contributed by atoms with Gasteiger partial charge in [-0.15, -0.1) is 0 Å². The van der Waals surface area contributed by atoms with E-state index in [0.717, 1.165) is 5.56 Å². The minimum Gasteiger partial charge on any atom is -0.477 e. The van der Waals surface area contributed by atoms with E-state index in [0.29, 0.717) is 17.1 Å². The Labute approximate surface area is 121 Å². The Morgan fingerprint density at radius 3 is 2.62 bits per heavy atom. The van der Waals surface area contributed by atoms with Crippen LogP contribution in [-0.2, 0) is 9.59 Å². The molecule has 0 radical (unpaired) electrons. The van der Waals surface area contributed by atoms with Crippen LogP contribution in [0, 0.1) is 0 Å². The summed E-state index contributed by atoms with van der Waals surface area (Å²) in [6.07, 6.45) is 3.18. The molecule has 1 aromatic rings. The van der Waals surface area contributed by atoms with Gasteiger partial charge in [-0.25, -0.2) is 4.79 Å². The lowest BCUT2D eigenvalue weighted by Crippen LogP contribution is -2.24. The number of aliphatic carboxylic acids is 1. The lowest BCUT2D eigenvalue weighted by molar-refractivity contribution is -0.134. The first-order chi connectivity index (χ1) is 9.95. The van der Waals surface area contributed by atoms with E-state index in [1.165, 1.54) is 13.0 Å². The van der Waals surface area contributed by atoms with Crippen LogP contribution < -0.4 is 14.8 Å². The van der Waals surface area contributed by atoms with Crippen LogP contribution in [0.25, 0.3) is 6.08 Å². The number of hydrogen-bond donors (Lipinski definition) is 2. The van der Waals surface area contributed by atoms with Crippen molar-refractivity contribution in [2.24, 2.45) is 0 Å². The molecule has 110 valence electrons. The number of carboxylic acids is 1. The number of carbonyl (C=O) groups excluding carboxylic acids is 1. The number of carboxylic acid groups (broad SMARTS) is 1. The smallest absolute Gasteiger partial charge is 0.352 e. The SMILES string of the molecule is CC(=O)NC(=CC(C)=Cc1ccc2c(c1)OCO2)C(=O)O. The van der Waals surface area contributed by atoms with Gasteiger partial charge >= 0.3 is 5.97 Å². The summed E-state index contributed by atoms with van der Waals surface area (Å²) in [5.74, 6) is -0.283. The van der Waals surface area contributed by atoms with Gasteiger partial charge in [-0.3, -0.25) is 4.79 Å². The summed E-state index contributed by atoms with van der Waals surface area (Å²) in [7, 11) is 0. The molecule has 0 atom stereocenters. The molecule has 1 aliphatic rings. The second kappa shape index (κ2) is 6.13. The number of benzene rings is 1. The monoisotopic (exact) mass is 289 g/mol. The third-order valence-corrected chi connectivity index (χ3v) is 2.70. The van der Waals surface area contributed by atoms with Gasteiger partial charge in [0.2, 0.25) is 12.7 Å². The summed E-state index contributed by atoms with van der Waals surface area (Å²) < 4.78 is 10.5. The average Bonchev–Trinajstić information content (AvgIpc) is 2.84. The standard InChI is InChI=1S/C15H15NO5/c1-9(6-12(15(18)19)16-10(2)17)5-11-3-4-13-14(7-11)21-8-20-13/h3-7H,8H2,1-2H3,(H,16,17)(H,18,19). The molecular formula is C15H15NO5. The summed E-state index contributed by atoms with van der Waals surface area (Å²) in [6.45, 7) is 3.20. The number of ether oxygens (including phenoxy) is 2. The topological polar surface area (TPSA) is 84.9 Å². The van der Waals surface area contributed by atoms with Crippen molar-refractivity contribution in [1.82, 2.24) is 5.32 Å². The molecule has 0 aromatic heterocycles. The molecule has 2 rings (SSSR count). The molecule has 0 bridgehead atoms. The lowest BCUT2D eigenvalue weighted by atomic mass is 10.1. The highest BCUT2D eigenvalue weighted by atomic mass is 16.7. The van der Waals surface area contributed by atoms with E-state index in [1.807, 2.05) is 6.07 Å². The molecule has 0 saturated heterocycles. The van der Waals surface area contributed by atoms with Crippen molar-refractivity contribution in [1.29, 1.82) is 0 Å². The zero-order valence-electron chi connectivity index (χ0n) is 11.7. The predicted molar refractivity (Wildman–Crippen MR) is 75.8 cm³/mol. The first-order valence-corrected chi connectivity index (χ1v) is 6.26. The molecule has 6 nitrogen and oxygen atoms in total. The molecule has 0 unspecified atom stereocenters. The van der Waals surface area contributed by atoms with Crippen LogP contribution in [-0.4, -0.2) is 23.8 Å². The Bertz CT molecular complexity index is 645. The molecule has 0 saturated carbocycles. The average molecular weight is 289 g/mol. The Kier molecular flexibility index (Phi) is 4.27. The molecule has 1 aromatic carbocycles. The Morgan fingerprint density at radius 1 is 1.24 bits per heavy atom. The first kappa shape index (κ1) is 14.6. The fourth-order valence-electron chi connectivity index (χ4n) is 1.88. The molecule has 2 N–H and O–H groups in total. The van der Waals surface area contributed by atoms with Crippen LogP contribution in [0.2, 0.25) is 0 Å². The van der Waals surface area contributed by atoms with Crippen LogP contribution in [0.4, 0.5) is 0 Å². The van der Waals surface area contributed by atoms with Crippen LogP contribution >= 0.6 is 0 Å². The molecule has 1 aliphatic heterocycles. The number of hydrogen-bond acceptors (Lipinski definition) is 4. The van der Waals surface area contributed by atoms with Gasteiger partial charge in [0.25, 0.3) is 0 Å². The summed E-state index contributed by atoms with van der Waals surface area (Å²) in [4.78, 5) is 22.0. The van der Waals surface area contributed by atoms with E-state index in [2.05, 4.69) is 5.32 Å². The molecule has 6 heteroatoms. The van der Waals surface area contributed by atoms with E-state index in [1.54, 1.807) is 25.1 Å². The molecule has 0 spiro atoms. The van der Waals surface area contributed by atoms with Gasteiger partial charge in [-0.2, -0.15) is 0 Å². The molecule has 0 fully saturated rings. The van der Waals surface area contributed by atoms with Gasteiger partial charge in [-0.1, -0.05) is 12.1 Å². The summed E-state index contributed by atoms with van der Waals surface area (Å²) in [5.41, 5.74) is 1.36. The highest BCUT2D eigenvalue weighted by Crippen LogP contribution is 2.33. The number of amides is 1. The zero-order valence-corrected chi connectivity index (χ0v) is 11.7. The molecule has 0 aliphatic carbocycles. The van der Waals surface area contributed by atoms with Crippen LogP contribution in [0.1, 0.15) is 19.4 Å². The maximum Gasteiger partial charge on any atom is 0.352 e. The highest BCUT2D eigenvalue weighted by Gasteiger charge is 2.12. The van der Waals surface area contributed by atoms with Crippen molar-refractivity contribution in [2.45, 2.75) is 13.8 Å². The summed E-state index contributed by atoms with van der Waals surface area (Å²) >= 11 is 0. The highest BCUT2D eigenvalue weighted by molar-refractivity contribution is 5.92. The van der Waals surface area contributed by atoms with Gasteiger partial charge in [0, 0.05) is 6.92 Å². The van der Waals surface area contributed by atoms with Gasteiger partial charge in [0.05, 0.1) is 0 Å². The van der Waals surface area contributed by atoms with E-state index in [-0.39, 0.29) is 12.5 Å². The fraction of sp³-hybridized carbons (Fsp3) is 0.200. The van der Waals surface area contributed by atoms with Gasteiger partial charge in [0.1, 0.15) is 5.70 Å². The normalized spacial score (nSPS) is 14.0. The quantitative estimate of drug-likeness (QED) is 0.653. The predicted octanol–water partition coefficient (Wildman–Crippen LogP) is 1.92. The second-order valence-electron chi connectivity index (χ2n) is 4.55. The van der Waals surface area contributed by atoms with E-state index < -0.39 is 11.9 Å². The Balaban J connectivity index is 2.23. The third kappa shape index (κ3) is 3.85. The second-order valence-corrected chi connectivity index (χ2v) is 4.55. The van der Waals surface area contributed by atoms with Crippen molar-refractivity contribution < 1.29 is 24.2 Å². The Morgan fingerprint density at radius 2 is 1.95 bits per heavy atom. The van der Waals surface area contributed by atoms with Gasteiger partial charge in [-0.05, 0) is 36.3 Å². The minimum atomic E-state index is -1.19. The zero-order chi connectivity index (χ0) is 15.4. The van der Waals surface area contributed by atoms with Crippen molar-refractivity contribution in [3.05, 3.63) is 41.1 Å². The Hall–Kier alpha value is -2.76. The molecule has 21 heavy (non-hydrogen) atoms. The maximum atomic E-state index is 11.0. The largest absolute Gasteiger partial charge is 0.477 e. The van der Waals surface area contributed by atoms with Crippen molar-refractivity contribution >= 4 is 18.0 Å². The van der Waals surface area contributed by atoms with Crippen molar-refractivity contribution in [3.63, 3.8) is 0 Å². The van der Waals surface area contributed by atoms with Gasteiger partial charge in [0.15, 0.2) is 11.5 Å². The fourth-order valence-corrected chi connectivity index (χ4v) is 1.88. The number of nitrogens with one attached hydrogen (secondary N) is 1. The van der Waals surface area contributed by atoms with Gasteiger partial charge < -0.3 is 19.9 Å². The van der Waals surface area contributed by atoms with Crippen molar-refractivity contribution in [3.8, 4) is 11.5 Å². The summed E-state index contributed by atoms with van der Waals surface area (Å²) in [5, 5.41) is 11.3. The number of allylic oxidation sites excluding steroid dienone is 2. The lowest BCUT2D eigenvalue weighted by Gasteiger charge is -2.03. The first-order valence-electron chi connectivity index (χ1n) is 6.26. The van der Waals surface area contributed by atoms with E-state index in [4.69, 9.17) is 14.6 Å². The molecule has 1 amide bonds. The minimum absolute atomic E-state index is 0.169. The third-order valence-electron chi connectivity index (χ3n) is 2.70. The number of fused-ring (bicyclic) bond motifs is 1. The number of carbonyl (C=O) groups is 2. The van der Waals surface area contributed by atoms with Crippen molar-refractivity contribution in [2.75, 3.05) is 6.79 Å². The summed E-state index contributed by atoms with van der Waals surface area (Å²) in [6, 6.07) is 5.43. The number of rotatable bonds is 4. The van der Waals surface area contributed by atoms with Crippen LogP contribution in [0.15, 0.2) is 35.5 Å². The van der Waals surface area contributed by atoms with E-state index in [9.17, 15) is 9.59 Å². The van der Waals surface area contributed by atoms with Crippen LogP contribution in [0.5, 0.6) is 11.5 Å².